The molecule has 0 atom stereocenters. The molecule has 0 amide bonds. The monoisotopic (exact) mass is 396 g/mol. The molecule has 0 bridgehead atoms. The Morgan fingerprint density at radius 1 is 1.35 bits per heavy atom. The largest absolute Gasteiger partial charge is 0.469 e. The van der Waals surface area contributed by atoms with Crippen LogP contribution < -0.4 is 5.56 Å². The molecule has 0 unspecified atom stereocenters. The summed E-state index contributed by atoms with van der Waals surface area (Å²) in [6, 6.07) is 8.29. The van der Waals surface area contributed by atoms with Crippen LogP contribution in [0.5, 0.6) is 0 Å². The third-order valence-electron chi connectivity index (χ3n) is 2.81. The Hall–Kier alpha value is -1.93. The maximum atomic E-state index is 12.1. The van der Waals surface area contributed by atoms with E-state index in [1.54, 1.807) is 18.2 Å². The number of nitrogens with zero attached hydrogens (tertiary/aromatic N) is 1. The lowest BCUT2D eigenvalue weighted by molar-refractivity contribution is -0.139. The summed E-state index contributed by atoms with van der Waals surface area (Å²) in [6.07, 6.45) is -0.0897. The lowest BCUT2D eigenvalue weighted by Crippen LogP contribution is -2.14. The number of rotatable bonds is 6. The zero-order chi connectivity index (χ0) is 16.8. The van der Waals surface area contributed by atoms with Gasteiger partial charge in [0, 0.05) is 16.1 Å². The normalized spacial score (nSPS) is 10.3. The van der Waals surface area contributed by atoms with E-state index < -0.39 is 5.97 Å². The number of hydrogen-bond acceptors (Lipinski definition) is 6. The minimum Gasteiger partial charge on any atom is -0.469 e. The molecular weight excluding hydrogens is 384 g/mol. The van der Waals surface area contributed by atoms with Gasteiger partial charge in [-0.25, -0.2) is 4.98 Å². The number of aromatic amines is 1. The van der Waals surface area contributed by atoms with Crippen molar-refractivity contribution >= 4 is 39.4 Å². The van der Waals surface area contributed by atoms with Crippen molar-refractivity contribution in [3.63, 3.8) is 0 Å². The van der Waals surface area contributed by atoms with E-state index in [1.807, 2.05) is 6.07 Å². The Morgan fingerprint density at radius 2 is 2.13 bits per heavy atom. The van der Waals surface area contributed by atoms with Gasteiger partial charge in [-0.1, -0.05) is 39.8 Å². The summed E-state index contributed by atoms with van der Waals surface area (Å²) in [5, 5.41) is 0.291. The number of ether oxygens (including phenoxy) is 1. The number of ketones is 1. The van der Waals surface area contributed by atoms with Crippen LogP contribution in [0.2, 0.25) is 0 Å². The van der Waals surface area contributed by atoms with Gasteiger partial charge in [-0.2, -0.15) is 0 Å². The van der Waals surface area contributed by atoms with Crippen molar-refractivity contribution in [2.45, 2.75) is 11.6 Å². The van der Waals surface area contributed by atoms with Gasteiger partial charge in [0.1, 0.15) is 0 Å². The number of esters is 1. The summed E-state index contributed by atoms with van der Waals surface area (Å²) in [5.74, 6) is -0.442. The van der Waals surface area contributed by atoms with Crippen LogP contribution in [-0.2, 0) is 16.0 Å². The van der Waals surface area contributed by atoms with Crippen LogP contribution in [-0.4, -0.2) is 34.6 Å². The lowest BCUT2D eigenvalue weighted by Gasteiger charge is -2.04. The molecular formula is C15H13BrN2O4S. The van der Waals surface area contributed by atoms with Gasteiger partial charge in [-0.15, -0.1) is 0 Å². The molecule has 1 aromatic heterocycles. The first-order valence-electron chi connectivity index (χ1n) is 6.56. The molecule has 120 valence electrons. The third kappa shape index (κ3) is 5.33. The maximum absolute atomic E-state index is 12.1. The maximum Gasteiger partial charge on any atom is 0.311 e. The molecule has 0 aliphatic heterocycles. The van der Waals surface area contributed by atoms with E-state index in [4.69, 9.17) is 0 Å². The number of thioether (sulfide) groups is 1. The van der Waals surface area contributed by atoms with Crippen molar-refractivity contribution in [2.24, 2.45) is 0 Å². The van der Waals surface area contributed by atoms with Crippen LogP contribution in [0, 0.1) is 0 Å². The van der Waals surface area contributed by atoms with Crippen molar-refractivity contribution in [3.8, 4) is 0 Å². The summed E-state index contributed by atoms with van der Waals surface area (Å²) >= 11 is 4.42. The molecule has 0 fully saturated rings. The summed E-state index contributed by atoms with van der Waals surface area (Å²) in [6.45, 7) is 0. The fraction of sp³-hybridized carbons (Fsp3) is 0.200. The number of hydrogen-bond donors (Lipinski definition) is 1. The average Bonchev–Trinajstić information content (AvgIpc) is 2.52. The topological polar surface area (TPSA) is 89.1 Å². The predicted octanol–water partition coefficient (Wildman–Crippen LogP) is 2.22. The summed E-state index contributed by atoms with van der Waals surface area (Å²) in [7, 11) is 1.27. The van der Waals surface area contributed by atoms with Crippen molar-refractivity contribution in [2.75, 3.05) is 12.9 Å². The molecule has 2 aromatic rings. The Labute approximate surface area is 144 Å². The Bertz CT molecular complexity index is 791. The van der Waals surface area contributed by atoms with E-state index in [-0.39, 0.29) is 23.5 Å². The number of H-pyrrole nitrogens is 1. The first-order chi connectivity index (χ1) is 11.0. The van der Waals surface area contributed by atoms with Crippen LogP contribution in [0.15, 0.2) is 44.8 Å². The highest BCUT2D eigenvalue weighted by Gasteiger charge is 2.11. The van der Waals surface area contributed by atoms with E-state index in [0.717, 1.165) is 16.2 Å². The predicted molar refractivity (Wildman–Crippen MR) is 89.8 cm³/mol. The van der Waals surface area contributed by atoms with Crippen LogP contribution in [0.1, 0.15) is 16.1 Å². The second-order valence-corrected chi connectivity index (χ2v) is 6.40. The van der Waals surface area contributed by atoms with Crippen LogP contribution in [0.25, 0.3) is 0 Å². The van der Waals surface area contributed by atoms with E-state index in [9.17, 15) is 14.4 Å². The van der Waals surface area contributed by atoms with Gasteiger partial charge in [0.25, 0.3) is 5.56 Å². The first kappa shape index (κ1) is 17.4. The quantitative estimate of drug-likeness (QED) is 0.348. The zero-order valence-electron chi connectivity index (χ0n) is 12.2. The molecule has 6 nitrogen and oxygen atoms in total. The fourth-order valence-corrected chi connectivity index (χ4v) is 2.93. The molecule has 0 saturated carbocycles. The first-order valence-corrected chi connectivity index (χ1v) is 8.34. The molecule has 0 spiro atoms. The van der Waals surface area contributed by atoms with Crippen LogP contribution in [0.3, 0.4) is 0 Å². The number of methoxy groups -OCH3 is 1. The highest BCUT2D eigenvalue weighted by Crippen LogP contribution is 2.17. The Kier molecular flexibility index (Phi) is 6.12. The van der Waals surface area contributed by atoms with Gasteiger partial charge in [0.05, 0.1) is 25.0 Å². The fourth-order valence-electron chi connectivity index (χ4n) is 1.74. The Balaban J connectivity index is 2.07. The molecule has 2 rings (SSSR count). The number of halogens is 1. The minimum absolute atomic E-state index is 0.0858. The number of carbonyl (C=O) groups excluding carboxylic acids is 2. The molecule has 1 heterocycles. The van der Waals surface area contributed by atoms with Gasteiger partial charge in [-0.05, 0) is 12.1 Å². The molecule has 8 heteroatoms. The van der Waals surface area contributed by atoms with Crippen molar-refractivity contribution in [3.05, 3.63) is 56.4 Å². The molecule has 0 saturated heterocycles. The van der Waals surface area contributed by atoms with Gasteiger partial charge >= 0.3 is 5.97 Å². The second kappa shape index (κ2) is 8.07. The molecule has 0 aliphatic rings. The summed E-state index contributed by atoms with van der Waals surface area (Å²) in [4.78, 5) is 41.7. The van der Waals surface area contributed by atoms with E-state index in [1.165, 1.54) is 13.2 Å². The van der Waals surface area contributed by atoms with Gasteiger partial charge < -0.3 is 9.72 Å². The molecule has 23 heavy (non-hydrogen) atoms. The number of carbonyl (C=O) groups is 2. The van der Waals surface area contributed by atoms with Gasteiger partial charge in [0.15, 0.2) is 10.9 Å². The van der Waals surface area contributed by atoms with E-state index >= 15 is 0 Å². The molecule has 1 aromatic carbocycles. The number of aromatic nitrogens is 2. The highest BCUT2D eigenvalue weighted by molar-refractivity contribution is 9.10. The van der Waals surface area contributed by atoms with Crippen molar-refractivity contribution < 1.29 is 14.3 Å². The molecule has 0 aliphatic carbocycles. The standard InChI is InChI=1S/C15H13BrN2O4S/c1-22-14(21)7-11-6-13(20)18-15(17-11)23-8-12(19)9-3-2-4-10(16)5-9/h2-6H,7-8H2,1H3,(H,17,18,20). The smallest absolute Gasteiger partial charge is 0.311 e. The summed E-state index contributed by atoms with van der Waals surface area (Å²) in [5.41, 5.74) is 0.495. The van der Waals surface area contributed by atoms with Gasteiger partial charge in [-0.3, -0.25) is 14.4 Å². The molecule has 1 N–H and O–H groups in total. The third-order valence-corrected chi connectivity index (χ3v) is 4.18. The number of nitrogens with one attached hydrogen (secondary N) is 1. The Morgan fingerprint density at radius 3 is 2.83 bits per heavy atom. The number of benzene rings is 1. The van der Waals surface area contributed by atoms with Crippen molar-refractivity contribution in [1.29, 1.82) is 0 Å². The zero-order valence-corrected chi connectivity index (χ0v) is 14.6. The van der Waals surface area contributed by atoms with Gasteiger partial charge in [0.2, 0.25) is 0 Å². The van der Waals surface area contributed by atoms with Crippen LogP contribution in [0.4, 0.5) is 0 Å². The SMILES string of the molecule is COC(=O)Cc1cc(=O)[nH]c(SCC(=O)c2cccc(Br)c2)n1. The highest BCUT2D eigenvalue weighted by atomic mass is 79.9. The van der Waals surface area contributed by atoms with Crippen molar-refractivity contribution in [1.82, 2.24) is 9.97 Å². The van der Waals surface area contributed by atoms with E-state index in [2.05, 4.69) is 30.6 Å². The lowest BCUT2D eigenvalue weighted by atomic mass is 10.2. The van der Waals surface area contributed by atoms with Crippen LogP contribution >= 0.6 is 27.7 Å². The second-order valence-electron chi connectivity index (χ2n) is 4.52. The molecule has 0 radical (unpaired) electrons. The van der Waals surface area contributed by atoms with E-state index in [0.29, 0.717) is 16.4 Å². The minimum atomic E-state index is -0.482. The number of Topliss-reactive ketones (excluding diaryl/α,β-unsaturated/α-hetero) is 1. The summed E-state index contributed by atoms with van der Waals surface area (Å²) < 4.78 is 5.36. The average molecular weight is 397 g/mol.